The largest absolute Gasteiger partial charge is 0.497 e. The van der Waals surface area contributed by atoms with E-state index in [9.17, 15) is 8.42 Å². The summed E-state index contributed by atoms with van der Waals surface area (Å²) in [5, 5.41) is 4.25. The van der Waals surface area contributed by atoms with E-state index < -0.39 is 9.05 Å². The van der Waals surface area contributed by atoms with Crippen molar-refractivity contribution in [3.8, 4) is 5.75 Å². The molecule has 86 valence electrons. The van der Waals surface area contributed by atoms with Crippen molar-refractivity contribution in [2.45, 2.75) is 5.75 Å². The summed E-state index contributed by atoms with van der Waals surface area (Å²) in [6, 6.07) is 5.02. The van der Waals surface area contributed by atoms with Crippen LogP contribution in [0.5, 0.6) is 5.75 Å². The summed E-state index contributed by atoms with van der Waals surface area (Å²) in [6.45, 7) is 0. The fourth-order valence-corrected chi connectivity index (χ4v) is 2.21. The molecule has 0 fully saturated rings. The molecule has 5 nitrogen and oxygen atoms in total. The minimum atomic E-state index is -3.65. The van der Waals surface area contributed by atoms with Crippen LogP contribution in [0.15, 0.2) is 22.7 Å². The Morgan fingerprint density at radius 1 is 1.50 bits per heavy atom. The summed E-state index contributed by atoms with van der Waals surface area (Å²) in [7, 11) is 3.03. The molecule has 1 aromatic heterocycles. The number of rotatable bonds is 3. The summed E-state index contributed by atoms with van der Waals surface area (Å²) >= 11 is 0. The third-order valence-electron chi connectivity index (χ3n) is 2.06. The van der Waals surface area contributed by atoms with Gasteiger partial charge in [-0.25, -0.2) is 8.42 Å². The summed E-state index contributed by atoms with van der Waals surface area (Å²) in [4.78, 5) is 0. The molecule has 16 heavy (non-hydrogen) atoms. The van der Waals surface area contributed by atoms with Crippen molar-refractivity contribution in [3.05, 3.63) is 23.9 Å². The molecule has 1 aromatic carbocycles. The number of aromatic nitrogens is 1. The molecule has 1 heterocycles. The zero-order chi connectivity index (χ0) is 11.8. The molecule has 0 saturated carbocycles. The molecular weight excluding hydrogens is 254 g/mol. The van der Waals surface area contributed by atoms with Crippen molar-refractivity contribution in [2.24, 2.45) is 0 Å². The Kier molecular flexibility index (Phi) is 2.77. The van der Waals surface area contributed by atoms with Crippen molar-refractivity contribution < 1.29 is 17.7 Å². The van der Waals surface area contributed by atoms with E-state index in [1.54, 1.807) is 18.2 Å². The number of nitrogens with zero attached hydrogens (tertiary/aromatic N) is 1. The minimum absolute atomic E-state index is 0.281. The lowest BCUT2D eigenvalue weighted by Crippen LogP contribution is -1.95. The average molecular weight is 262 g/mol. The second-order valence-electron chi connectivity index (χ2n) is 3.17. The van der Waals surface area contributed by atoms with Gasteiger partial charge in [-0.3, -0.25) is 0 Å². The van der Waals surface area contributed by atoms with E-state index in [0.717, 1.165) is 0 Å². The van der Waals surface area contributed by atoms with Crippen LogP contribution in [-0.4, -0.2) is 20.7 Å². The van der Waals surface area contributed by atoms with Crippen LogP contribution in [0.25, 0.3) is 11.0 Å². The molecule has 0 atom stereocenters. The van der Waals surface area contributed by atoms with Gasteiger partial charge in [-0.2, -0.15) is 0 Å². The number of benzene rings is 1. The van der Waals surface area contributed by atoms with E-state index in [2.05, 4.69) is 5.16 Å². The lowest BCUT2D eigenvalue weighted by Gasteiger charge is -1.98. The van der Waals surface area contributed by atoms with Crippen LogP contribution in [0.4, 0.5) is 0 Å². The Morgan fingerprint density at radius 3 is 2.88 bits per heavy atom. The van der Waals surface area contributed by atoms with Gasteiger partial charge in [0.15, 0.2) is 5.58 Å². The van der Waals surface area contributed by atoms with E-state index in [0.29, 0.717) is 16.7 Å². The maximum Gasteiger partial charge on any atom is 0.238 e. The summed E-state index contributed by atoms with van der Waals surface area (Å²) < 4.78 is 31.9. The first-order chi connectivity index (χ1) is 7.49. The maximum atomic E-state index is 10.9. The normalized spacial score (nSPS) is 11.9. The predicted molar refractivity (Wildman–Crippen MR) is 59.0 cm³/mol. The SMILES string of the molecule is COc1ccc2onc(CS(=O)(=O)Cl)c2c1. The minimum Gasteiger partial charge on any atom is -0.497 e. The zero-order valence-electron chi connectivity index (χ0n) is 8.31. The molecule has 7 heteroatoms. The number of methoxy groups -OCH3 is 1. The number of halogens is 1. The number of hydrogen-bond donors (Lipinski definition) is 0. The molecular formula is C9H8ClNO4S. The molecule has 0 aliphatic carbocycles. The molecule has 0 bridgehead atoms. The fraction of sp³-hybridized carbons (Fsp3) is 0.222. The van der Waals surface area contributed by atoms with Crippen molar-refractivity contribution in [3.63, 3.8) is 0 Å². The monoisotopic (exact) mass is 261 g/mol. The van der Waals surface area contributed by atoms with Crippen molar-refractivity contribution in [2.75, 3.05) is 7.11 Å². The highest BCUT2D eigenvalue weighted by Crippen LogP contribution is 2.25. The molecule has 2 aromatic rings. The van der Waals surface area contributed by atoms with Crippen molar-refractivity contribution in [1.29, 1.82) is 0 Å². The smallest absolute Gasteiger partial charge is 0.238 e. The summed E-state index contributed by atoms with van der Waals surface area (Å²) in [5.74, 6) is 0.235. The molecule has 2 rings (SSSR count). The van der Waals surface area contributed by atoms with E-state index in [4.69, 9.17) is 19.9 Å². The lowest BCUT2D eigenvalue weighted by atomic mass is 10.2. The third kappa shape index (κ3) is 2.28. The predicted octanol–water partition coefficient (Wildman–Crippen LogP) is 1.91. The number of fused-ring (bicyclic) bond motifs is 1. The van der Waals surface area contributed by atoms with Crippen LogP contribution < -0.4 is 4.74 Å². The van der Waals surface area contributed by atoms with E-state index in [1.807, 2.05) is 0 Å². The Labute approximate surface area is 96.4 Å². The van der Waals surface area contributed by atoms with E-state index >= 15 is 0 Å². The second-order valence-corrected chi connectivity index (χ2v) is 5.95. The van der Waals surface area contributed by atoms with Gasteiger partial charge in [0.25, 0.3) is 0 Å². The Morgan fingerprint density at radius 2 is 2.25 bits per heavy atom. The van der Waals surface area contributed by atoms with Crippen LogP contribution in [-0.2, 0) is 14.8 Å². The first kappa shape index (κ1) is 11.2. The maximum absolute atomic E-state index is 10.9. The molecule has 0 N–H and O–H groups in total. The highest BCUT2D eigenvalue weighted by molar-refractivity contribution is 8.13. The zero-order valence-corrected chi connectivity index (χ0v) is 9.88. The molecule has 0 aliphatic heterocycles. The van der Waals surface area contributed by atoms with Gasteiger partial charge in [0, 0.05) is 16.1 Å². The van der Waals surface area contributed by atoms with Crippen molar-refractivity contribution >= 4 is 30.7 Å². The standard InChI is InChI=1S/C9H8ClNO4S/c1-14-6-2-3-9-7(4-6)8(11-15-9)5-16(10,12)13/h2-4H,5H2,1H3. The Bertz CT molecular complexity index is 619. The van der Waals surface area contributed by atoms with Gasteiger partial charge in [0.1, 0.15) is 17.2 Å². The van der Waals surface area contributed by atoms with Gasteiger partial charge in [0.05, 0.1) is 7.11 Å². The summed E-state index contributed by atoms with van der Waals surface area (Å²) in [5.41, 5.74) is 0.778. The van der Waals surface area contributed by atoms with Crippen LogP contribution in [0.2, 0.25) is 0 Å². The molecule has 0 aliphatic rings. The molecule has 0 unspecified atom stereocenters. The molecule has 0 radical (unpaired) electrons. The highest BCUT2D eigenvalue weighted by atomic mass is 35.7. The third-order valence-corrected chi connectivity index (χ3v) is 3.01. The topological polar surface area (TPSA) is 69.4 Å². The van der Waals surface area contributed by atoms with Gasteiger partial charge in [-0.15, -0.1) is 0 Å². The van der Waals surface area contributed by atoms with Crippen LogP contribution in [0, 0.1) is 0 Å². The first-order valence-electron chi connectivity index (χ1n) is 4.34. The Hall–Kier alpha value is -1.27. The van der Waals surface area contributed by atoms with Gasteiger partial charge >= 0.3 is 0 Å². The lowest BCUT2D eigenvalue weighted by molar-refractivity contribution is 0.415. The van der Waals surface area contributed by atoms with Gasteiger partial charge < -0.3 is 9.26 Å². The molecule has 0 spiro atoms. The van der Waals surface area contributed by atoms with Gasteiger partial charge in [-0.1, -0.05) is 5.16 Å². The number of hydrogen-bond acceptors (Lipinski definition) is 5. The van der Waals surface area contributed by atoms with E-state index in [-0.39, 0.29) is 11.4 Å². The highest BCUT2D eigenvalue weighted by Gasteiger charge is 2.15. The first-order valence-corrected chi connectivity index (χ1v) is 6.82. The molecule has 0 amide bonds. The second kappa shape index (κ2) is 3.95. The average Bonchev–Trinajstić information content (AvgIpc) is 2.58. The number of ether oxygens (including phenoxy) is 1. The van der Waals surface area contributed by atoms with Crippen molar-refractivity contribution in [1.82, 2.24) is 5.16 Å². The van der Waals surface area contributed by atoms with Gasteiger partial charge in [0.2, 0.25) is 9.05 Å². The fourth-order valence-electron chi connectivity index (χ4n) is 1.36. The van der Waals surface area contributed by atoms with Crippen LogP contribution in [0.3, 0.4) is 0 Å². The van der Waals surface area contributed by atoms with Crippen LogP contribution in [0.1, 0.15) is 5.69 Å². The quantitative estimate of drug-likeness (QED) is 0.790. The van der Waals surface area contributed by atoms with Gasteiger partial charge in [-0.05, 0) is 18.2 Å². The summed E-state index contributed by atoms with van der Waals surface area (Å²) in [6.07, 6.45) is 0. The van der Waals surface area contributed by atoms with Crippen LogP contribution >= 0.6 is 10.7 Å². The Balaban J connectivity index is 2.54. The van der Waals surface area contributed by atoms with E-state index in [1.165, 1.54) is 7.11 Å². The molecule has 0 saturated heterocycles.